The third-order valence-corrected chi connectivity index (χ3v) is 5.63. The van der Waals surface area contributed by atoms with Gasteiger partial charge in [-0.2, -0.15) is 5.10 Å². The highest BCUT2D eigenvalue weighted by Crippen LogP contribution is 2.18. The number of aromatic amines is 1. The fourth-order valence-electron chi connectivity index (χ4n) is 2.40. The van der Waals surface area contributed by atoms with Crippen LogP contribution >= 0.6 is 0 Å². The fraction of sp³-hybridized carbons (Fsp3) is 0.118. The van der Waals surface area contributed by atoms with E-state index < -0.39 is 15.9 Å². The quantitative estimate of drug-likeness (QED) is 0.719. The summed E-state index contributed by atoms with van der Waals surface area (Å²) in [6.45, 7) is 0. The van der Waals surface area contributed by atoms with Gasteiger partial charge in [-0.1, -0.05) is 18.2 Å². The van der Waals surface area contributed by atoms with Gasteiger partial charge in [0.25, 0.3) is 11.5 Å². The first-order valence-electron chi connectivity index (χ1n) is 7.62. The molecule has 8 nitrogen and oxygen atoms in total. The van der Waals surface area contributed by atoms with E-state index in [9.17, 15) is 18.0 Å². The van der Waals surface area contributed by atoms with Gasteiger partial charge in [-0.3, -0.25) is 9.59 Å². The molecule has 0 aliphatic rings. The first-order chi connectivity index (χ1) is 12.3. The Labute approximate surface area is 149 Å². The highest BCUT2D eigenvalue weighted by Gasteiger charge is 2.18. The molecule has 0 spiro atoms. The molecule has 0 aliphatic carbocycles. The summed E-state index contributed by atoms with van der Waals surface area (Å²) in [6.07, 6.45) is 0. The van der Waals surface area contributed by atoms with Crippen LogP contribution in [0.1, 0.15) is 10.5 Å². The van der Waals surface area contributed by atoms with Crippen molar-refractivity contribution in [2.45, 2.75) is 4.90 Å². The summed E-state index contributed by atoms with van der Waals surface area (Å²) < 4.78 is 25.2. The Hall–Kier alpha value is -3.04. The highest BCUT2D eigenvalue weighted by molar-refractivity contribution is 7.89. The monoisotopic (exact) mass is 372 g/mol. The summed E-state index contributed by atoms with van der Waals surface area (Å²) in [5.41, 5.74) is 0.102. The molecule has 0 saturated carbocycles. The van der Waals surface area contributed by atoms with E-state index in [-0.39, 0.29) is 16.1 Å². The summed E-state index contributed by atoms with van der Waals surface area (Å²) in [4.78, 5) is 24.4. The average Bonchev–Trinajstić information content (AvgIpc) is 2.62. The number of carbonyl (C=O) groups excluding carboxylic acids is 1. The number of sulfonamides is 1. The van der Waals surface area contributed by atoms with E-state index >= 15 is 0 Å². The number of anilines is 1. The molecular formula is C17H16N4O4S. The lowest BCUT2D eigenvalue weighted by Gasteiger charge is -2.12. The van der Waals surface area contributed by atoms with Crippen LogP contribution in [-0.4, -0.2) is 42.9 Å². The van der Waals surface area contributed by atoms with Crippen LogP contribution in [-0.2, 0) is 10.0 Å². The fourth-order valence-corrected chi connectivity index (χ4v) is 3.30. The summed E-state index contributed by atoms with van der Waals surface area (Å²) >= 11 is 0. The molecule has 1 heterocycles. The molecule has 0 radical (unpaired) electrons. The molecule has 26 heavy (non-hydrogen) atoms. The second-order valence-corrected chi connectivity index (χ2v) is 7.86. The maximum Gasteiger partial charge on any atom is 0.276 e. The number of rotatable bonds is 4. The lowest BCUT2D eigenvalue weighted by molar-refractivity contribution is 0.102. The molecule has 3 rings (SSSR count). The third-order valence-electron chi connectivity index (χ3n) is 3.80. The molecule has 0 saturated heterocycles. The normalized spacial score (nSPS) is 11.7. The van der Waals surface area contributed by atoms with Gasteiger partial charge >= 0.3 is 0 Å². The highest BCUT2D eigenvalue weighted by atomic mass is 32.2. The van der Waals surface area contributed by atoms with E-state index in [1.54, 1.807) is 24.3 Å². The number of fused-ring (bicyclic) bond motifs is 1. The van der Waals surface area contributed by atoms with Crippen molar-refractivity contribution >= 4 is 32.4 Å². The third kappa shape index (κ3) is 3.22. The van der Waals surface area contributed by atoms with Crippen molar-refractivity contribution in [2.24, 2.45) is 0 Å². The zero-order chi connectivity index (χ0) is 18.9. The maximum absolute atomic E-state index is 12.5. The van der Waals surface area contributed by atoms with Gasteiger partial charge in [-0.25, -0.2) is 17.8 Å². The van der Waals surface area contributed by atoms with Crippen LogP contribution in [0.25, 0.3) is 10.8 Å². The number of nitrogens with one attached hydrogen (secondary N) is 2. The lowest BCUT2D eigenvalue weighted by atomic mass is 10.1. The molecule has 1 aromatic heterocycles. The molecule has 134 valence electrons. The Balaban J connectivity index is 1.90. The molecule has 2 aromatic carbocycles. The number of aromatic nitrogens is 2. The standard InChI is InChI=1S/C17H16N4O4S/c1-21(2)26(24,25)12-9-7-11(8-10-12)18-17(23)15-13-5-3-4-6-14(13)16(22)20-19-15/h3-10H,1-2H3,(H,18,23)(H,20,22). The van der Waals surface area contributed by atoms with Gasteiger partial charge in [0.2, 0.25) is 10.0 Å². The van der Waals surface area contributed by atoms with Crippen molar-refractivity contribution in [3.8, 4) is 0 Å². The smallest absolute Gasteiger partial charge is 0.276 e. The summed E-state index contributed by atoms with van der Waals surface area (Å²) in [5, 5.41) is 9.57. The number of carbonyl (C=O) groups is 1. The molecule has 0 fully saturated rings. The Morgan fingerprint density at radius 1 is 1.04 bits per heavy atom. The first-order valence-corrected chi connectivity index (χ1v) is 9.06. The largest absolute Gasteiger partial charge is 0.321 e. The molecule has 1 amide bonds. The van der Waals surface area contributed by atoms with Crippen molar-refractivity contribution in [1.29, 1.82) is 0 Å². The number of hydrogen-bond donors (Lipinski definition) is 2. The Bertz CT molecular complexity index is 1140. The van der Waals surface area contributed by atoms with Gasteiger partial charge in [-0.15, -0.1) is 0 Å². The minimum absolute atomic E-state index is 0.0742. The summed E-state index contributed by atoms with van der Waals surface area (Å²) in [5.74, 6) is -0.513. The zero-order valence-electron chi connectivity index (χ0n) is 14.1. The van der Waals surface area contributed by atoms with E-state index in [2.05, 4.69) is 15.5 Å². The van der Waals surface area contributed by atoms with Gasteiger partial charge in [0.05, 0.1) is 10.3 Å². The van der Waals surface area contributed by atoms with E-state index in [1.807, 2.05) is 0 Å². The number of nitrogens with zero attached hydrogens (tertiary/aromatic N) is 2. The van der Waals surface area contributed by atoms with E-state index in [4.69, 9.17) is 0 Å². The van der Waals surface area contributed by atoms with E-state index in [1.165, 1.54) is 38.4 Å². The number of hydrogen-bond acceptors (Lipinski definition) is 5. The van der Waals surface area contributed by atoms with Crippen molar-refractivity contribution in [1.82, 2.24) is 14.5 Å². The SMILES string of the molecule is CN(C)S(=O)(=O)c1ccc(NC(=O)c2n[nH]c(=O)c3ccccc23)cc1. The molecular weight excluding hydrogens is 356 g/mol. The molecule has 0 atom stereocenters. The molecule has 0 aliphatic heterocycles. The number of H-pyrrole nitrogens is 1. The minimum atomic E-state index is -3.54. The average molecular weight is 372 g/mol. The lowest BCUT2D eigenvalue weighted by Crippen LogP contribution is -2.22. The second-order valence-electron chi connectivity index (χ2n) is 5.71. The van der Waals surface area contributed by atoms with Gasteiger partial charge in [0.1, 0.15) is 0 Å². The molecule has 9 heteroatoms. The van der Waals surface area contributed by atoms with Crippen molar-refractivity contribution < 1.29 is 13.2 Å². The Kier molecular flexibility index (Phi) is 4.58. The van der Waals surface area contributed by atoms with Crippen LogP contribution in [0.15, 0.2) is 58.2 Å². The molecule has 3 aromatic rings. The van der Waals surface area contributed by atoms with Crippen molar-refractivity contribution in [2.75, 3.05) is 19.4 Å². The Morgan fingerprint density at radius 3 is 2.27 bits per heavy atom. The van der Waals surface area contributed by atoms with Crippen LogP contribution in [0, 0.1) is 0 Å². The van der Waals surface area contributed by atoms with Gasteiger partial charge in [-0.05, 0) is 30.3 Å². The van der Waals surface area contributed by atoms with Crippen molar-refractivity contribution in [3.63, 3.8) is 0 Å². The van der Waals surface area contributed by atoms with Crippen LogP contribution in [0.4, 0.5) is 5.69 Å². The predicted molar refractivity (Wildman–Crippen MR) is 97.6 cm³/mol. The van der Waals surface area contributed by atoms with Crippen molar-refractivity contribution in [3.05, 3.63) is 64.6 Å². The van der Waals surface area contributed by atoms with Gasteiger partial charge in [0, 0.05) is 25.2 Å². The summed E-state index contributed by atoms with van der Waals surface area (Å²) in [6, 6.07) is 12.4. The second kappa shape index (κ2) is 6.70. The minimum Gasteiger partial charge on any atom is -0.321 e. The van der Waals surface area contributed by atoms with E-state index in [0.717, 1.165) is 4.31 Å². The number of benzene rings is 2. The van der Waals surface area contributed by atoms with E-state index in [0.29, 0.717) is 16.5 Å². The van der Waals surface area contributed by atoms with Crippen LogP contribution in [0.2, 0.25) is 0 Å². The summed E-state index contributed by atoms with van der Waals surface area (Å²) in [7, 11) is -0.654. The molecule has 0 bridgehead atoms. The predicted octanol–water partition coefficient (Wildman–Crippen LogP) is 1.43. The Morgan fingerprint density at radius 2 is 1.65 bits per heavy atom. The maximum atomic E-state index is 12.5. The topological polar surface area (TPSA) is 112 Å². The van der Waals surface area contributed by atoms with Crippen LogP contribution < -0.4 is 10.9 Å². The van der Waals surface area contributed by atoms with Gasteiger partial charge < -0.3 is 5.32 Å². The van der Waals surface area contributed by atoms with Gasteiger partial charge in [0.15, 0.2) is 5.69 Å². The number of amides is 1. The zero-order valence-corrected chi connectivity index (χ0v) is 14.9. The first kappa shape index (κ1) is 17.8. The molecule has 0 unspecified atom stereocenters. The van der Waals surface area contributed by atoms with Crippen LogP contribution in [0.3, 0.4) is 0 Å². The molecule has 2 N–H and O–H groups in total. The van der Waals surface area contributed by atoms with Crippen LogP contribution in [0.5, 0.6) is 0 Å².